The number of hydrazone groups is 1. The molecule has 0 bridgehead atoms. The van der Waals surface area contributed by atoms with Gasteiger partial charge in [0.1, 0.15) is 4.90 Å². The highest BCUT2D eigenvalue weighted by Crippen LogP contribution is 2.36. The molecular formula is C20H21N7OS2. The highest BCUT2D eigenvalue weighted by atomic mass is 32.2. The zero-order valence-electron chi connectivity index (χ0n) is 17.1. The molecule has 1 aromatic carbocycles. The Hall–Kier alpha value is -3.03. The summed E-state index contributed by atoms with van der Waals surface area (Å²) in [6, 6.07) is 9.75. The average molecular weight is 440 g/mol. The molecule has 0 amide bonds. The lowest BCUT2D eigenvalue weighted by Gasteiger charge is -2.23. The maximum atomic E-state index is 12.9. The van der Waals surface area contributed by atoms with E-state index in [1.54, 1.807) is 30.5 Å². The number of hydrogen-bond acceptors (Lipinski definition) is 8. The fraction of sp³-hybridized carbons (Fsp3) is 0.250. The zero-order valence-corrected chi connectivity index (χ0v) is 18.7. The van der Waals surface area contributed by atoms with Gasteiger partial charge < -0.3 is 0 Å². The third-order valence-corrected chi connectivity index (χ3v) is 6.37. The van der Waals surface area contributed by atoms with Crippen molar-refractivity contribution in [3.8, 4) is 11.9 Å². The van der Waals surface area contributed by atoms with Gasteiger partial charge in [-0.15, -0.1) is 0 Å². The summed E-state index contributed by atoms with van der Waals surface area (Å²) in [5.41, 5.74) is 3.07. The fourth-order valence-electron chi connectivity index (χ4n) is 2.70. The SMILES string of the molecule is CC.Cc1ccc(CSC2=NN(C)c3cnn(-c4ccn[nH]4)c(=O)c3S2)c(C#N)c1. The minimum atomic E-state index is -0.236. The highest BCUT2D eigenvalue weighted by Gasteiger charge is 2.24. The highest BCUT2D eigenvalue weighted by molar-refractivity contribution is 8.38. The third-order valence-electron chi connectivity index (χ3n) is 4.14. The predicted molar refractivity (Wildman–Crippen MR) is 122 cm³/mol. The number of thioether (sulfide) groups is 2. The van der Waals surface area contributed by atoms with Crippen molar-refractivity contribution in [3.05, 3.63) is 63.7 Å². The standard InChI is InChI=1S/C18H15N7OS2.C2H6/c1-11-3-4-12(13(7-11)8-19)10-27-18-23-24(2)14-9-21-25(15-5-6-20-22-15)17(26)16(14)28-18;1-2/h3-7,9H,10H2,1-2H3,(H,20,22);1-2H3. The molecule has 0 aliphatic carbocycles. The molecule has 0 fully saturated rings. The Morgan fingerprint density at radius 2 is 2.10 bits per heavy atom. The van der Waals surface area contributed by atoms with Crippen LogP contribution in [0.3, 0.4) is 0 Å². The van der Waals surface area contributed by atoms with Crippen molar-refractivity contribution in [2.45, 2.75) is 31.4 Å². The minimum Gasteiger partial charge on any atom is -0.266 e. The molecule has 1 N–H and O–H groups in total. The monoisotopic (exact) mass is 439 g/mol. The van der Waals surface area contributed by atoms with E-state index in [0.29, 0.717) is 27.7 Å². The Balaban J connectivity index is 0.00000124. The molecule has 8 nitrogen and oxygen atoms in total. The number of fused-ring (bicyclic) bond motifs is 1. The smallest absolute Gasteiger partial charge is 0.266 e. The van der Waals surface area contributed by atoms with E-state index in [1.165, 1.54) is 28.2 Å². The van der Waals surface area contributed by atoms with Crippen molar-refractivity contribution in [2.75, 3.05) is 12.1 Å². The average Bonchev–Trinajstić information content (AvgIpc) is 3.29. The van der Waals surface area contributed by atoms with Crippen LogP contribution in [-0.4, -0.2) is 31.4 Å². The molecule has 1 aliphatic heterocycles. The number of nitriles is 1. The summed E-state index contributed by atoms with van der Waals surface area (Å²) >= 11 is 2.81. The van der Waals surface area contributed by atoms with Crippen molar-refractivity contribution < 1.29 is 0 Å². The van der Waals surface area contributed by atoms with Gasteiger partial charge in [-0.05, 0) is 24.1 Å². The Bertz CT molecular complexity index is 1160. The van der Waals surface area contributed by atoms with Crippen molar-refractivity contribution in [3.63, 3.8) is 0 Å². The molecule has 0 saturated carbocycles. The molecule has 3 heterocycles. The van der Waals surface area contributed by atoms with Gasteiger partial charge >= 0.3 is 0 Å². The topological polar surface area (TPSA) is 103 Å². The number of benzene rings is 1. The number of hydrogen-bond donors (Lipinski definition) is 1. The van der Waals surface area contributed by atoms with Crippen LogP contribution in [0.1, 0.15) is 30.5 Å². The summed E-state index contributed by atoms with van der Waals surface area (Å²) in [5.74, 6) is 1.10. The van der Waals surface area contributed by atoms with Gasteiger partial charge in [0.2, 0.25) is 0 Å². The van der Waals surface area contributed by atoms with E-state index in [9.17, 15) is 10.1 Å². The van der Waals surface area contributed by atoms with Gasteiger partial charge in [0.15, 0.2) is 10.2 Å². The van der Waals surface area contributed by atoms with Gasteiger partial charge in [0.05, 0.1) is 29.7 Å². The largest absolute Gasteiger partial charge is 0.289 e. The van der Waals surface area contributed by atoms with Gasteiger partial charge in [0.25, 0.3) is 5.56 Å². The second kappa shape index (κ2) is 9.65. The number of anilines is 1. The summed E-state index contributed by atoms with van der Waals surface area (Å²) in [6.07, 6.45) is 3.18. The Kier molecular flexibility index (Phi) is 6.97. The first kappa shape index (κ1) is 21.7. The molecule has 10 heteroatoms. The van der Waals surface area contributed by atoms with E-state index in [1.807, 2.05) is 39.0 Å². The van der Waals surface area contributed by atoms with E-state index in [4.69, 9.17) is 0 Å². The lowest BCUT2D eigenvalue weighted by Crippen LogP contribution is -2.28. The molecule has 0 spiro atoms. The number of aromatic nitrogens is 4. The molecule has 2 aromatic heterocycles. The zero-order chi connectivity index (χ0) is 21.7. The van der Waals surface area contributed by atoms with E-state index in [2.05, 4.69) is 26.5 Å². The first-order chi connectivity index (χ1) is 14.6. The Labute approximate surface area is 183 Å². The number of rotatable bonds is 3. The van der Waals surface area contributed by atoms with Crippen LogP contribution >= 0.6 is 23.5 Å². The van der Waals surface area contributed by atoms with Crippen LogP contribution in [0.2, 0.25) is 0 Å². The van der Waals surface area contributed by atoms with Gasteiger partial charge in [-0.2, -0.15) is 25.2 Å². The van der Waals surface area contributed by atoms with Crippen molar-refractivity contribution in [1.82, 2.24) is 20.0 Å². The third kappa shape index (κ3) is 4.42. The summed E-state index contributed by atoms with van der Waals surface area (Å²) < 4.78 is 2.02. The second-order valence-electron chi connectivity index (χ2n) is 6.07. The van der Waals surface area contributed by atoms with Gasteiger partial charge in [0, 0.05) is 18.9 Å². The lowest BCUT2D eigenvalue weighted by atomic mass is 10.1. The Morgan fingerprint density at radius 1 is 1.30 bits per heavy atom. The number of H-pyrrole nitrogens is 1. The van der Waals surface area contributed by atoms with Crippen LogP contribution in [-0.2, 0) is 5.75 Å². The van der Waals surface area contributed by atoms with Gasteiger partial charge in [-0.1, -0.05) is 49.5 Å². The van der Waals surface area contributed by atoms with E-state index in [0.717, 1.165) is 15.5 Å². The second-order valence-corrected chi connectivity index (χ2v) is 8.29. The van der Waals surface area contributed by atoms with Gasteiger partial charge in [-0.3, -0.25) is 14.9 Å². The van der Waals surface area contributed by atoms with Crippen LogP contribution < -0.4 is 10.6 Å². The summed E-state index contributed by atoms with van der Waals surface area (Å²) in [7, 11) is 1.79. The maximum absolute atomic E-state index is 12.9. The molecule has 30 heavy (non-hydrogen) atoms. The van der Waals surface area contributed by atoms with Crippen LogP contribution in [0, 0.1) is 18.3 Å². The van der Waals surface area contributed by atoms with Crippen molar-refractivity contribution in [2.24, 2.45) is 5.10 Å². The molecule has 154 valence electrons. The van der Waals surface area contributed by atoms with Crippen molar-refractivity contribution >= 4 is 33.6 Å². The summed E-state index contributed by atoms with van der Waals surface area (Å²) in [4.78, 5) is 13.5. The van der Waals surface area contributed by atoms with E-state index in [-0.39, 0.29) is 5.56 Å². The van der Waals surface area contributed by atoms with Crippen molar-refractivity contribution in [1.29, 1.82) is 5.26 Å². The molecule has 4 rings (SSSR count). The number of aromatic amines is 1. The Morgan fingerprint density at radius 3 is 2.80 bits per heavy atom. The number of nitrogens with zero attached hydrogens (tertiary/aromatic N) is 6. The van der Waals surface area contributed by atoms with Crippen LogP contribution in [0.5, 0.6) is 0 Å². The first-order valence-corrected chi connectivity index (χ1v) is 11.1. The minimum absolute atomic E-state index is 0.236. The van der Waals surface area contributed by atoms with Gasteiger partial charge in [-0.25, -0.2) is 0 Å². The normalized spacial score (nSPS) is 12.4. The first-order valence-electron chi connectivity index (χ1n) is 9.31. The predicted octanol–water partition coefficient (Wildman–Crippen LogP) is 3.91. The number of aryl methyl sites for hydroxylation is 1. The summed E-state index contributed by atoms with van der Waals surface area (Å²) in [5, 5.41) is 26.3. The molecule has 0 radical (unpaired) electrons. The fourth-order valence-corrected chi connectivity index (χ4v) is 4.87. The molecule has 1 aliphatic rings. The van der Waals surface area contributed by atoms with Crippen LogP contribution in [0.25, 0.3) is 5.82 Å². The molecule has 0 saturated heterocycles. The quantitative estimate of drug-likeness (QED) is 0.660. The van der Waals surface area contributed by atoms with E-state index < -0.39 is 0 Å². The van der Waals surface area contributed by atoms with Crippen LogP contribution in [0.15, 0.2) is 51.5 Å². The number of nitrogens with one attached hydrogen (secondary N) is 1. The molecule has 0 unspecified atom stereocenters. The van der Waals surface area contributed by atoms with Crippen LogP contribution in [0.4, 0.5) is 5.69 Å². The summed E-state index contributed by atoms with van der Waals surface area (Å²) in [6.45, 7) is 5.96. The lowest BCUT2D eigenvalue weighted by molar-refractivity contribution is 0.747. The molecule has 0 atom stereocenters. The molecular weight excluding hydrogens is 418 g/mol. The maximum Gasteiger partial charge on any atom is 0.289 e. The molecule has 3 aromatic rings. The van der Waals surface area contributed by atoms with E-state index >= 15 is 0 Å².